The van der Waals surface area contributed by atoms with Crippen LogP contribution >= 0.6 is 0 Å². The van der Waals surface area contributed by atoms with Gasteiger partial charge in [0.25, 0.3) is 0 Å². The summed E-state index contributed by atoms with van der Waals surface area (Å²) in [6, 6.07) is 4.75. The van der Waals surface area contributed by atoms with Crippen LogP contribution in [0.2, 0.25) is 0 Å². The van der Waals surface area contributed by atoms with Crippen LogP contribution in [-0.2, 0) is 0 Å². The SMILES string of the molecule is N#Cc1ccc(N2CC[C@@H](N)[C@@H](F)C2)nn1. The van der Waals surface area contributed by atoms with Crippen LogP contribution in [0.15, 0.2) is 12.1 Å². The largest absolute Gasteiger partial charge is 0.352 e. The number of nitrogens with zero attached hydrogens (tertiary/aromatic N) is 4. The Morgan fingerprint density at radius 1 is 1.50 bits per heavy atom. The second-order valence-electron chi connectivity index (χ2n) is 3.80. The van der Waals surface area contributed by atoms with E-state index in [1.165, 1.54) is 0 Å². The first kappa shape index (κ1) is 10.8. The molecule has 0 amide bonds. The van der Waals surface area contributed by atoms with Crippen LogP contribution in [0.4, 0.5) is 10.2 Å². The van der Waals surface area contributed by atoms with Crippen LogP contribution in [0.1, 0.15) is 12.1 Å². The molecule has 84 valence electrons. The van der Waals surface area contributed by atoms with Crippen molar-refractivity contribution in [2.75, 3.05) is 18.0 Å². The van der Waals surface area contributed by atoms with Crippen LogP contribution in [0.5, 0.6) is 0 Å². The first-order valence-corrected chi connectivity index (χ1v) is 5.09. The lowest BCUT2D eigenvalue weighted by Gasteiger charge is -2.33. The maximum absolute atomic E-state index is 13.4. The van der Waals surface area contributed by atoms with Crippen LogP contribution in [0.25, 0.3) is 0 Å². The van der Waals surface area contributed by atoms with Crippen molar-refractivity contribution >= 4 is 5.82 Å². The average Bonchev–Trinajstić information content (AvgIpc) is 2.33. The molecule has 5 nitrogen and oxygen atoms in total. The Morgan fingerprint density at radius 2 is 2.31 bits per heavy atom. The minimum absolute atomic E-state index is 0.238. The van der Waals surface area contributed by atoms with Crippen molar-refractivity contribution in [3.05, 3.63) is 17.8 Å². The second kappa shape index (κ2) is 4.41. The molecule has 1 aliphatic heterocycles. The van der Waals surface area contributed by atoms with E-state index in [1.54, 1.807) is 17.0 Å². The van der Waals surface area contributed by atoms with Gasteiger partial charge in [-0.2, -0.15) is 5.26 Å². The van der Waals surface area contributed by atoms with E-state index >= 15 is 0 Å². The van der Waals surface area contributed by atoms with Crippen LogP contribution < -0.4 is 10.6 Å². The van der Waals surface area contributed by atoms with Gasteiger partial charge in [0.1, 0.15) is 12.2 Å². The molecular formula is C10H12FN5. The third-order valence-electron chi connectivity index (χ3n) is 2.68. The van der Waals surface area contributed by atoms with Crippen LogP contribution in [-0.4, -0.2) is 35.5 Å². The molecule has 0 saturated carbocycles. The van der Waals surface area contributed by atoms with Gasteiger partial charge in [-0.3, -0.25) is 0 Å². The highest BCUT2D eigenvalue weighted by Gasteiger charge is 2.27. The number of rotatable bonds is 1. The quantitative estimate of drug-likeness (QED) is 0.734. The second-order valence-corrected chi connectivity index (χ2v) is 3.80. The molecule has 1 fully saturated rings. The molecule has 1 aromatic rings. The molecular weight excluding hydrogens is 209 g/mol. The van der Waals surface area contributed by atoms with Gasteiger partial charge >= 0.3 is 0 Å². The summed E-state index contributed by atoms with van der Waals surface area (Å²) < 4.78 is 13.4. The topological polar surface area (TPSA) is 78.8 Å². The fraction of sp³-hybridized carbons (Fsp3) is 0.500. The van der Waals surface area contributed by atoms with Crippen molar-refractivity contribution in [3.8, 4) is 6.07 Å². The number of hydrogen-bond acceptors (Lipinski definition) is 5. The zero-order valence-corrected chi connectivity index (χ0v) is 8.67. The fourth-order valence-corrected chi connectivity index (χ4v) is 1.68. The number of hydrogen-bond donors (Lipinski definition) is 1. The van der Waals surface area contributed by atoms with Crippen molar-refractivity contribution in [1.82, 2.24) is 10.2 Å². The summed E-state index contributed by atoms with van der Waals surface area (Å²) in [4.78, 5) is 1.79. The molecule has 2 N–H and O–H groups in total. The van der Waals surface area contributed by atoms with E-state index in [1.807, 2.05) is 6.07 Å². The lowest BCUT2D eigenvalue weighted by Crippen LogP contribution is -2.48. The van der Waals surface area contributed by atoms with E-state index in [2.05, 4.69) is 10.2 Å². The fourth-order valence-electron chi connectivity index (χ4n) is 1.68. The number of nitrogens with two attached hydrogens (primary N) is 1. The number of aromatic nitrogens is 2. The zero-order chi connectivity index (χ0) is 11.5. The Bertz CT molecular complexity index is 399. The molecule has 2 rings (SSSR count). The monoisotopic (exact) mass is 221 g/mol. The number of piperidine rings is 1. The highest BCUT2D eigenvalue weighted by atomic mass is 19.1. The molecule has 2 atom stereocenters. The number of anilines is 1. The molecule has 0 aromatic carbocycles. The van der Waals surface area contributed by atoms with E-state index in [0.29, 0.717) is 18.8 Å². The van der Waals surface area contributed by atoms with Gasteiger partial charge in [0, 0.05) is 12.6 Å². The molecule has 1 aromatic heterocycles. The van der Waals surface area contributed by atoms with Gasteiger partial charge in [-0.1, -0.05) is 0 Å². The first-order chi connectivity index (χ1) is 7.70. The summed E-state index contributed by atoms with van der Waals surface area (Å²) in [5.74, 6) is 0.591. The maximum atomic E-state index is 13.4. The summed E-state index contributed by atoms with van der Waals surface area (Å²) >= 11 is 0. The first-order valence-electron chi connectivity index (χ1n) is 5.09. The van der Waals surface area contributed by atoms with Gasteiger partial charge in [-0.25, -0.2) is 4.39 Å². The molecule has 0 unspecified atom stereocenters. The third-order valence-corrected chi connectivity index (χ3v) is 2.68. The predicted molar refractivity (Wildman–Crippen MR) is 56.4 cm³/mol. The Balaban J connectivity index is 2.10. The third kappa shape index (κ3) is 2.09. The van der Waals surface area contributed by atoms with Gasteiger partial charge in [0.15, 0.2) is 11.5 Å². The standard InChI is InChI=1S/C10H12FN5/c11-8-6-16(4-3-9(8)13)10-2-1-7(5-12)14-15-10/h1-2,8-9H,3-4,6,13H2/t8-,9+/m0/s1. The summed E-state index contributed by atoms with van der Waals surface area (Å²) in [5.41, 5.74) is 5.84. The molecule has 0 radical (unpaired) electrons. The van der Waals surface area contributed by atoms with E-state index in [4.69, 9.17) is 11.0 Å². The van der Waals surface area contributed by atoms with Gasteiger partial charge < -0.3 is 10.6 Å². The average molecular weight is 221 g/mol. The zero-order valence-electron chi connectivity index (χ0n) is 8.67. The normalized spacial score (nSPS) is 25.2. The summed E-state index contributed by atoms with van der Waals surface area (Å²) in [5, 5.41) is 16.2. The van der Waals surface area contributed by atoms with Crippen molar-refractivity contribution in [2.24, 2.45) is 5.73 Å². The predicted octanol–water partition coefficient (Wildman–Crippen LogP) is 0.224. The molecule has 2 heterocycles. The smallest absolute Gasteiger partial charge is 0.163 e. The Morgan fingerprint density at radius 3 is 2.88 bits per heavy atom. The van der Waals surface area contributed by atoms with E-state index in [-0.39, 0.29) is 18.3 Å². The van der Waals surface area contributed by atoms with Gasteiger partial charge in [0.2, 0.25) is 0 Å². The van der Waals surface area contributed by atoms with Crippen molar-refractivity contribution in [3.63, 3.8) is 0 Å². The van der Waals surface area contributed by atoms with Crippen LogP contribution in [0, 0.1) is 11.3 Å². The lowest BCUT2D eigenvalue weighted by molar-refractivity contribution is 0.250. The Labute approximate surface area is 92.7 Å². The molecule has 1 aliphatic rings. The highest BCUT2D eigenvalue weighted by molar-refractivity contribution is 5.39. The van der Waals surface area contributed by atoms with E-state index in [0.717, 1.165) is 0 Å². The molecule has 0 bridgehead atoms. The summed E-state index contributed by atoms with van der Waals surface area (Å²) in [7, 11) is 0. The Hall–Kier alpha value is -1.74. The van der Waals surface area contributed by atoms with E-state index < -0.39 is 6.17 Å². The molecule has 0 aliphatic carbocycles. The van der Waals surface area contributed by atoms with Gasteiger partial charge in [0.05, 0.1) is 6.54 Å². The van der Waals surface area contributed by atoms with Gasteiger partial charge in [-0.15, -0.1) is 10.2 Å². The van der Waals surface area contributed by atoms with Gasteiger partial charge in [-0.05, 0) is 18.6 Å². The lowest BCUT2D eigenvalue weighted by atomic mass is 10.0. The number of halogens is 1. The maximum Gasteiger partial charge on any atom is 0.163 e. The Kier molecular flexibility index (Phi) is 2.97. The van der Waals surface area contributed by atoms with Crippen LogP contribution in [0.3, 0.4) is 0 Å². The number of nitriles is 1. The van der Waals surface area contributed by atoms with Crippen molar-refractivity contribution in [2.45, 2.75) is 18.6 Å². The number of alkyl halides is 1. The molecule has 16 heavy (non-hydrogen) atoms. The molecule has 1 saturated heterocycles. The molecule has 0 spiro atoms. The highest BCUT2D eigenvalue weighted by Crippen LogP contribution is 2.18. The minimum atomic E-state index is -1.04. The molecule has 6 heteroatoms. The van der Waals surface area contributed by atoms with E-state index in [9.17, 15) is 4.39 Å². The minimum Gasteiger partial charge on any atom is -0.352 e. The van der Waals surface area contributed by atoms with Crippen molar-refractivity contribution in [1.29, 1.82) is 5.26 Å². The summed E-state index contributed by atoms with van der Waals surface area (Å²) in [6.45, 7) is 0.907. The van der Waals surface area contributed by atoms with Crippen molar-refractivity contribution < 1.29 is 4.39 Å². The summed E-state index contributed by atoms with van der Waals surface area (Å²) in [6.07, 6.45) is -0.436.